The van der Waals surface area contributed by atoms with Gasteiger partial charge in [-0.15, -0.1) is 11.3 Å². The Hall–Kier alpha value is -1.40. The second-order valence-corrected chi connectivity index (χ2v) is 4.97. The fourth-order valence-corrected chi connectivity index (χ4v) is 2.33. The van der Waals surface area contributed by atoms with Crippen molar-refractivity contribution in [3.05, 3.63) is 10.9 Å². The summed E-state index contributed by atoms with van der Waals surface area (Å²) in [5, 5.41) is 13.1. The van der Waals surface area contributed by atoms with Crippen LogP contribution in [0.4, 0.5) is 11.8 Å². The fourth-order valence-electron chi connectivity index (χ4n) is 1.45. The van der Waals surface area contributed by atoms with E-state index in [0.717, 1.165) is 15.1 Å². The van der Waals surface area contributed by atoms with Crippen molar-refractivity contribution in [2.24, 2.45) is 0 Å². The molecule has 1 unspecified atom stereocenters. The maximum atomic E-state index is 9.01. The van der Waals surface area contributed by atoms with Crippen LogP contribution in [-0.4, -0.2) is 27.7 Å². The lowest BCUT2D eigenvalue weighted by Crippen LogP contribution is -2.20. The number of thiophene rings is 1. The van der Waals surface area contributed by atoms with Crippen LogP contribution in [0.15, 0.2) is 6.07 Å². The molecule has 2 rings (SSSR count). The zero-order valence-corrected chi connectivity index (χ0v) is 10.0. The highest BCUT2D eigenvalue weighted by molar-refractivity contribution is 7.18. The zero-order chi connectivity index (χ0) is 11.7. The monoisotopic (exact) mass is 238 g/mol. The van der Waals surface area contributed by atoms with E-state index in [0.29, 0.717) is 5.82 Å². The Labute approximate surface area is 97.3 Å². The second-order valence-electron chi connectivity index (χ2n) is 3.73. The average Bonchev–Trinajstić information content (AvgIpc) is 2.58. The number of anilines is 2. The molecule has 2 aromatic heterocycles. The molecule has 2 heterocycles. The number of aromatic nitrogens is 2. The van der Waals surface area contributed by atoms with Crippen LogP contribution in [0, 0.1) is 6.92 Å². The van der Waals surface area contributed by atoms with Gasteiger partial charge in [-0.1, -0.05) is 0 Å². The van der Waals surface area contributed by atoms with Crippen LogP contribution >= 0.6 is 11.3 Å². The molecule has 0 saturated heterocycles. The number of aryl methyl sites for hydroxylation is 1. The van der Waals surface area contributed by atoms with Gasteiger partial charge in [-0.05, 0) is 19.9 Å². The minimum atomic E-state index is -0.0577. The van der Waals surface area contributed by atoms with Gasteiger partial charge in [0.25, 0.3) is 0 Å². The number of nitrogens with one attached hydrogen (secondary N) is 1. The molecule has 4 N–H and O–H groups in total. The van der Waals surface area contributed by atoms with Gasteiger partial charge >= 0.3 is 0 Å². The lowest BCUT2D eigenvalue weighted by Gasteiger charge is -2.12. The van der Waals surface area contributed by atoms with E-state index in [-0.39, 0.29) is 18.6 Å². The SMILES string of the molecule is Cc1cc2c(NC(C)CO)nc(N)nc2s1. The molecular weight excluding hydrogens is 224 g/mol. The number of nitrogen functional groups attached to an aromatic ring is 1. The Kier molecular flexibility index (Phi) is 2.93. The van der Waals surface area contributed by atoms with Crippen molar-refractivity contribution in [3.8, 4) is 0 Å². The Bertz CT molecular complexity index is 511. The molecule has 0 bridgehead atoms. The van der Waals surface area contributed by atoms with E-state index in [9.17, 15) is 0 Å². The van der Waals surface area contributed by atoms with E-state index in [2.05, 4.69) is 15.3 Å². The van der Waals surface area contributed by atoms with Gasteiger partial charge in [-0.2, -0.15) is 4.98 Å². The summed E-state index contributed by atoms with van der Waals surface area (Å²) in [6.07, 6.45) is 0. The van der Waals surface area contributed by atoms with Crippen molar-refractivity contribution < 1.29 is 5.11 Å². The summed E-state index contributed by atoms with van der Waals surface area (Å²) in [6.45, 7) is 3.94. The summed E-state index contributed by atoms with van der Waals surface area (Å²) in [4.78, 5) is 10.4. The van der Waals surface area contributed by atoms with Crippen LogP contribution in [-0.2, 0) is 0 Å². The summed E-state index contributed by atoms with van der Waals surface area (Å²) >= 11 is 1.58. The third-order valence-electron chi connectivity index (χ3n) is 2.19. The number of nitrogens with zero attached hydrogens (tertiary/aromatic N) is 2. The number of hydrogen-bond donors (Lipinski definition) is 3. The lowest BCUT2D eigenvalue weighted by molar-refractivity contribution is 0.281. The van der Waals surface area contributed by atoms with Gasteiger partial charge in [0, 0.05) is 10.9 Å². The molecule has 0 radical (unpaired) electrons. The summed E-state index contributed by atoms with van der Waals surface area (Å²) in [5.41, 5.74) is 5.63. The molecule has 86 valence electrons. The first-order valence-electron chi connectivity index (χ1n) is 5.01. The summed E-state index contributed by atoms with van der Waals surface area (Å²) in [6, 6.07) is 1.96. The molecule has 0 fully saturated rings. The lowest BCUT2D eigenvalue weighted by atomic mass is 10.3. The van der Waals surface area contributed by atoms with E-state index >= 15 is 0 Å². The molecule has 0 aliphatic heterocycles. The number of rotatable bonds is 3. The first-order chi connectivity index (χ1) is 7.60. The molecule has 0 saturated carbocycles. The normalized spacial score (nSPS) is 12.9. The van der Waals surface area contributed by atoms with Crippen LogP contribution in [0.2, 0.25) is 0 Å². The summed E-state index contributed by atoms with van der Waals surface area (Å²) in [5.74, 6) is 0.940. The van der Waals surface area contributed by atoms with E-state index in [1.54, 1.807) is 11.3 Å². The Morgan fingerprint density at radius 3 is 3.00 bits per heavy atom. The van der Waals surface area contributed by atoms with Gasteiger partial charge in [0.15, 0.2) is 0 Å². The molecule has 16 heavy (non-hydrogen) atoms. The summed E-state index contributed by atoms with van der Waals surface area (Å²) in [7, 11) is 0. The predicted molar refractivity (Wildman–Crippen MR) is 66.7 cm³/mol. The van der Waals surface area contributed by atoms with Crippen molar-refractivity contribution in [2.75, 3.05) is 17.7 Å². The molecule has 0 spiro atoms. The zero-order valence-electron chi connectivity index (χ0n) is 9.19. The number of fused-ring (bicyclic) bond motifs is 1. The fraction of sp³-hybridized carbons (Fsp3) is 0.400. The van der Waals surface area contributed by atoms with Crippen LogP contribution in [0.25, 0.3) is 10.2 Å². The Morgan fingerprint density at radius 2 is 2.31 bits per heavy atom. The molecule has 0 aromatic carbocycles. The third kappa shape index (κ3) is 2.07. The molecular formula is C10H14N4OS. The molecule has 1 atom stereocenters. The van der Waals surface area contributed by atoms with Crippen LogP contribution in [0.1, 0.15) is 11.8 Å². The van der Waals surface area contributed by atoms with Gasteiger partial charge < -0.3 is 16.2 Å². The van der Waals surface area contributed by atoms with Gasteiger partial charge in [0.05, 0.1) is 12.0 Å². The van der Waals surface area contributed by atoms with E-state index in [4.69, 9.17) is 10.8 Å². The van der Waals surface area contributed by atoms with E-state index in [1.807, 2.05) is 19.9 Å². The van der Waals surface area contributed by atoms with Crippen molar-refractivity contribution >= 4 is 33.3 Å². The largest absolute Gasteiger partial charge is 0.394 e. The van der Waals surface area contributed by atoms with Crippen molar-refractivity contribution in [3.63, 3.8) is 0 Å². The summed E-state index contributed by atoms with van der Waals surface area (Å²) < 4.78 is 0. The molecule has 5 nitrogen and oxygen atoms in total. The minimum absolute atomic E-state index is 0.0501. The maximum absolute atomic E-state index is 9.01. The Balaban J connectivity index is 2.49. The van der Waals surface area contributed by atoms with Crippen molar-refractivity contribution in [1.82, 2.24) is 9.97 Å². The molecule has 0 aliphatic carbocycles. The van der Waals surface area contributed by atoms with Crippen LogP contribution < -0.4 is 11.1 Å². The predicted octanol–water partition coefficient (Wildman–Crippen LogP) is 1.37. The Morgan fingerprint density at radius 1 is 1.56 bits per heavy atom. The highest BCUT2D eigenvalue weighted by Crippen LogP contribution is 2.29. The number of aliphatic hydroxyl groups is 1. The first kappa shape index (κ1) is 11.1. The quantitative estimate of drug-likeness (QED) is 0.752. The second kappa shape index (κ2) is 4.23. The van der Waals surface area contributed by atoms with Crippen LogP contribution in [0.5, 0.6) is 0 Å². The van der Waals surface area contributed by atoms with Crippen molar-refractivity contribution in [2.45, 2.75) is 19.9 Å². The van der Waals surface area contributed by atoms with Gasteiger partial charge in [-0.3, -0.25) is 0 Å². The highest BCUT2D eigenvalue weighted by atomic mass is 32.1. The molecule has 2 aromatic rings. The highest BCUT2D eigenvalue weighted by Gasteiger charge is 2.10. The van der Waals surface area contributed by atoms with Crippen LogP contribution in [0.3, 0.4) is 0 Å². The smallest absolute Gasteiger partial charge is 0.223 e. The maximum Gasteiger partial charge on any atom is 0.223 e. The first-order valence-corrected chi connectivity index (χ1v) is 5.83. The standard InChI is InChI=1S/C10H14N4OS/c1-5(4-15)12-8-7-3-6(2)16-9(7)14-10(11)13-8/h3,5,15H,4H2,1-2H3,(H3,11,12,13,14). The molecule has 0 aliphatic rings. The van der Waals surface area contributed by atoms with E-state index < -0.39 is 0 Å². The van der Waals surface area contributed by atoms with Gasteiger partial charge in [0.1, 0.15) is 10.6 Å². The minimum Gasteiger partial charge on any atom is -0.394 e. The topological polar surface area (TPSA) is 84.1 Å². The number of nitrogens with two attached hydrogens (primary N) is 1. The molecule has 0 amide bonds. The van der Waals surface area contributed by atoms with Gasteiger partial charge in [0.2, 0.25) is 5.95 Å². The van der Waals surface area contributed by atoms with Gasteiger partial charge in [-0.25, -0.2) is 4.98 Å². The van der Waals surface area contributed by atoms with Crippen molar-refractivity contribution in [1.29, 1.82) is 0 Å². The average molecular weight is 238 g/mol. The van der Waals surface area contributed by atoms with E-state index in [1.165, 1.54) is 0 Å². The number of hydrogen-bond acceptors (Lipinski definition) is 6. The number of aliphatic hydroxyl groups excluding tert-OH is 1. The third-order valence-corrected chi connectivity index (χ3v) is 3.13. The molecule has 6 heteroatoms.